The number of ether oxygens (including phenoxy) is 1. The fourth-order valence-electron chi connectivity index (χ4n) is 1.14. The Morgan fingerprint density at radius 3 is 2.38 bits per heavy atom. The van der Waals surface area contributed by atoms with E-state index >= 15 is 0 Å². The highest BCUT2D eigenvalue weighted by Crippen LogP contribution is 2.15. The van der Waals surface area contributed by atoms with E-state index in [2.05, 4.69) is 17.7 Å². The Morgan fingerprint density at radius 1 is 1.54 bits per heavy atom. The summed E-state index contributed by atoms with van der Waals surface area (Å²) >= 11 is 0. The minimum atomic E-state index is -0.157. The summed E-state index contributed by atoms with van der Waals surface area (Å²) < 4.78 is 4.26. The van der Waals surface area contributed by atoms with Crippen molar-refractivity contribution in [2.24, 2.45) is 0 Å². The summed E-state index contributed by atoms with van der Waals surface area (Å²) in [6.45, 7) is 3.98. The van der Waals surface area contributed by atoms with Gasteiger partial charge in [-0.1, -0.05) is 18.6 Å². The summed E-state index contributed by atoms with van der Waals surface area (Å²) in [6.07, 6.45) is 8.32. The highest BCUT2D eigenvalue weighted by molar-refractivity contribution is 5.68. The van der Waals surface area contributed by atoms with Crippen molar-refractivity contribution >= 4 is 5.97 Å². The predicted molar refractivity (Wildman–Crippen MR) is 54.5 cm³/mol. The Balaban J connectivity index is 0.000000226. The first-order chi connectivity index (χ1) is 6.20. The van der Waals surface area contributed by atoms with E-state index < -0.39 is 0 Å². The van der Waals surface area contributed by atoms with Crippen LogP contribution in [-0.2, 0) is 9.53 Å². The van der Waals surface area contributed by atoms with Gasteiger partial charge >= 0.3 is 5.97 Å². The molecule has 0 aromatic rings. The van der Waals surface area contributed by atoms with Crippen molar-refractivity contribution in [1.82, 2.24) is 0 Å². The molecule has 0 aliphatic heterocycles. The third-order valence-electron chi connectivity index (χ3n) is 2.03. The fourth-order valence-corrected chi connectivity index (χ4v) is 1.14. The van der Waals surface area contributed by atoms with E-state index in [1.807, 2.05) is 0 Å². The van der Waals surface area contributed by atoms with Gasteiger partial charge in [-0.15, -0.1) is 0 Å². The van der Waals surface area contributed by atoms with Crippen molar-refractivity contribution in [3.8, 4) is 0 Å². The lowest BCUT2D eigenvalue weighted by Crippen LogP contribution is -1.94. The zero-order chi connectivity index (χ0) is 10.1. The lowest BCUT2D eigenvalue weighted by Gasteiger charge is -2.05. The van der Waals surface area contributed by atoms with Gasteiger partial charge in [0.1, 0.15) is 0 Å². The van der Waals surface area contributed by atoms with Crippen molar-refractivity contribution in [2.45, 2.75) is 46.0 Å². The number of allylic oxidation sites excluding steroid dienone is 2. The van der Waals surface area contributed by atoms with Crippen molar-refractivity contribution in [1.29, 1.82) is 0 Å². The third-order valence-corrected chi connectivity index (χ3v) is 2.03. The minimum absolute atomic E-state index is 0.157. The standard InChI is InChI=1S/C7H12.C4H8O2/c1-7-5-3-2-4-6-7;1-3-4(5)6-2/h5H,2-4,6H2,1H3;3H2,1-2H3. The van der Waals surface area contributed by atoms with Gasteiger partial charge in [0, 0.05) is 6.42 Å². The summed E-state index contributed by atoms with van der Waals surface area (Å²) in [7, 11) is 1.38. The van der Waals surface area contributed by atoms with Crippen LogP contribution >= 0.6 is 0 Å². The van der Waals surface area contributed by atoms with Crippen molar-refractivity contribution in [3.05, 3.63) is 11.6 Å². The lowest BCUT2D eigenvalue weighted by molar-refractivity contribution is -0.140. The van der Waals surface area contributed by atoms with Crippen LogP contribution in [0.5, 0.6) is 0 Å². The quantitative estimate of drug-likeness (QED) is 0.462. The number of rotatable bonds is 1. The molecular formula is C11H20O2. The number of hydrogen-bond acceptors (Lipinski definition) is 2. The predicted octanol–water partition coefficient (Wildman–Crippen LogP) is 3.08. The van der Waals surface area contributed by atoms with Crippen LogP contribution in [0.4, 0.5) is 0 Å². The zero-order valence-corrected chi connectivity index (χ0v) is 8.93. The van der Waals surface area contributed by atoms with E-state index in [-0.39, 0.29) is 5.97 Å². The number of carbonyl (C=O) groups is 1. The third kappa shape index (κ3) is 7.57. The van der Waals surface area contributed by atoms with Crippen LogP contribution in [0.3, 0.4) is 0 Å². The largest absolute Gasteiger partial charge is 0.469 e. The molecule has 0 saturated carbocycles. The smallest absolute Gasteiger partial charge is 0.305 e. The van der Waals surface area contributed by atoms with Gasteiger partial charge in [-0.2, -0.15) is 0 Å². The normalized spacial score (nSPS) is 15.2. The molecule has 0 N–H and O–H groups in total. The maximum Gasteiger partial charge on any atom is 0.305 e. The van der Waals surface area contributed by atoms with Crippen LogP contribution in [0, 0.1) is 0 Å². The minimum Gasteiger partial charge on any atom is -0.469 e. The second-order valence-electron chi connectivity index (χ2n) is 3.23. The van der Waals surface area contributed by atoms with Crippen LogP contribution in [0.25, 0.3) is 0 Å². The first-order valence-corrected chi connectivity index (χ1v) is 4.93. The Hall–Kier alpha value is -0.790. The Labute approximate surface area is 81.0 Å². The molecular weight excluding hydrogens is 164 g/mol. The van der Waals surface area contributed by atoms with Crippen molar-refractivity contribution < 1.29 is 9.53 Å². The van der Waals surface area contributed by atoms with Crippen molar-refractivity contribution in [3.63, 3.8) is 0 Å². The van der Waals surface area contributed by atoms with Gasteiger partial charge in [0.25, 0.3) is 0 Å². The molecule has 0 bridgehead atoms. The van der Waals surface area contributed by atoms with E-state index in [1.54, 1.807) is 12.5 Å². The Bertz CT molecular complexity index is 165. The highest BCUT2D eigenvalue weighted by atomic mass is 16.5. The molecule has 76 valence electrons. The van der Waals surface area contributed by atoms with Gasteiger partial charge < -0.3 is 4.74 Å². The summed E-state index contributed by atoms with van der Waals surface area (Å²) in [5.74, 6) is -0.157. The molecule has 0 heterocycles. The average Bonchev–Trinajstić information content (AvgIpc) is 2.19. The van der Waals surface area contributed by atoms with Crippen LogP contribution in [0.1, 0.15) is 46.0 Å². The molecule has 0 fully saturated rings. The van der Waals surface area contributed by atoms with Gasteiger partial charge in [-0.05, 0) is 32.6 Å². The first kappa shape index (κ1) is 12.2. The molecule has 0 aromatic carbocycles. The summed E-state index contributed by atoms with van der Waals surface area (Å²) in [6, 6.07) is 0. The molecule has 1 aliphatic carbocycles. The number of carbonyl (C=O) groups excluding carboxylic acids is 1. The molecule has 0 unspecified atom stereocenters. The number of hydrogen-bond donors (Lipinski definition) is 0. The molecule has 0 spiro atoms. The molecule has 0 amide bonds. The Kier molecular flexibility index (Phi) is 7.36. The molecule has 0 saturated heterocycles. The molecule has 0 atom stereocenters. The van der Waals surface area contributed by atoms with Gasteiger partial charge in [-0.3, -0.25) is 4.79 Å². The van der Waals surface area contributed by atoms with E-state index in [1.165, 1.54) is 32.8 Å². The molecule has 0 aromatic heterocycles. The van der Waals surface area contributed by atoms with Gasteiger partial charge in [0.2, 0.25) is 0 Å². The summed E-state index contributed by atoms with van der Waals surface area (Å²) in [5, 5.41) is 0. The van der Waals surface area contributed by atoms with E-state index in [0.717, 1.165) is 0 Å². The second-order valence-corrected chi connectivity index (χ2v) is 3.23. The Morgan fingerprint density at radius 2 is 2.23 bits per heavy atom. The summed E-state index contributed by atoms with van der Waals surface area (Å²) in [4.78, 5) is 9.96. The van der Waals surface area contributed by atoms with Gasteiger partial charge in [0.05, 0.1) is 7.11 Å². The van der Waals surface area contributed by atoms with Crippen LogP contribution in [0.2, 0.25) is 0 Å². The van der Waals surface area contributed by atoms with Crippen LogP contribution in [0.15, 0.2) is 11.6 Å². The summed E-state index contributed by atoms with van der Waals surface area (Å²) in [5.41, 5.74) is 1.59. The monoisotopic (exact) mass is 184 g/mol. The SMILES string of the molecule is CC1=CCCCC1.CCC(=O)OC. The van der Waals surface area contributed by atoms with E-state index in [9.17, 15) is 4.79 Å². The highest BCUT2D eigenvalue weighted by Gasteiger charge is 1.95. The van der Waals surface area contributed by atoms with Crippen LogP contribution < -0.4 is 0 Å². The maximum atomic E-state index is 9.96. The molecule has 0 radical (unpaired) electrons. The van der Waals surface area contributed by atoms with Gasteiger partial charge in [0.15, 0.2) is 0 Å². The second kappa shape index (κ2) is 7.84. The maximum absolute atomic E-state index is 9.96. The molecule has 1 aliphatic rings. The molecule has 1 rings (SSSR count). The average molecular weight is 184 g/mol. The lowest BCUT2D eigenvalue weighted by atomic mass is 10.0. The fraction of sp³-hybridized carbons (Fsp3) is 0.727. The van der Waals surface area contributed by atoms with Crippen LogP contribution in [-0.4, -0.2) is 13.1 Å². The molecule has 2 heteroatoms. The zero-order valence-electron chi connectivity index (χ0n) is 8.93. The molecule has 13 heavy (non-hydrogen) atoms. The first-order valence-electron chi connectivity index (χ1n) is 4.93. The van der Waals surface area contributed by atoms with E-state index in [4.69, 9.17) is 0 Å². The molecule has 2 nitrogen and oxygen atoms in total. The topological polar surface area (TPSA) is 26.3 Å². The van der Waals surface area contributed by atoms with E-state index in [0.29, 0.717) is 6.42 Å². The van der Waals surface area contributed by atoms with Crippen molar-refractivity contribution in [2.75, 3.05) is 7.11 Å². The van der Waals surface area contributed by atoms with Gasteiger partial charge in [-0.25, -0.2) is 0 Å². The number of methoxy groups -OCH3 is 1. The number of esters is 1.